The quantitative estimate of drug-likeness (QED) is 0.311. The summed E-state index contributed by atoms with van der Waals surface area (Å²) in [5.74, 6) is -1.34. The van der Waals surface area contributed by atoms with Crippen LogP contribution in [0.1, 0.15) is 33.3 Å². The number of carbonyl (C=O) groups excluding carboxylic acids is 2. The fourth-order valence-corrected chi connectivity index (χ4v) is 5.44. The van der Waals surface area contributed by atoms with Gasteiger partial charge in [-0.3, -0.25) is 9.59 Å². The van der Waals surface area contributed by atoms with E-state index in [4.69, 9.17) is 28.2 Å². The molecule has 2 heterocycles. The number of halogens is 2. The van der Waals surface area contributed by atoms with Crippen molar-refractivity contribution < 1.29 is 9.59 Å². The highest BCUT2D eigenvalue weighted by Gasteiger charge is 2.33. The van der Waals surface area contributed by atoms with E-state index in [0.717, 1.165) is 27.4 Å². The standard InChI is InChI=1S/C29H24Cl2N4O2S/c1-17-32-24(16-38-17)21(14-18-12-13-22(30)23(31)15-18)28(36)34-27-29(37)35(2)25-11-7-6-10-20(25)26(33-27)19-8-4-3-5-9-19/h3-13,15-16,21,27H,14H2,1-2H3,(H,34,36)/t21?,27-/m1/s1. The number of benzodiazepines with no additional fused rings is 1. The lowest BCUT2D eigenvalue weighted by molar-refractivity contribution is -0.128. The smallest absolute Gasteiger partial charge is 0.272 e. The predicted octanol–water partition coefficient (Wildman–Crippen LogP) is 6.04. The lowest BCUT2D eigenvalue weighted by Crippen LogP contribution is -2.47. The lowest BCUT2D eigenvalue weighted by Gasteiger charge is -2.22. The molecular formula is C29H24Cl2N4O2S. The highest BCUT2D eigenvalue weighted by Crippen LogP contribution is 2.30. The van der Waals surface area contributed by atoms with Crippen LogP contribution in [-0.4, -0.2) is 35.7 Å². The topological polar surface area (TPSA) is 74.7 Å². The maximum atomic E-state index is 13.8. The predicted molar refractivity (Wildman–Crippen MR) is 154 cm³/mol. The number of fused-ring (bicyclic) bond motifs is 1. The van der Waals surface area contributed by atoms with E-state index in [1.807, 2.05) is 73.0 Å². The van der Waals surface area contributed by atoms with Crippen molar-refractivity contribution in [3.05, 3.63) is 116 Å². The van der Waals surface area contributed by atoms with Crippen LogP contribution in [-0.2, 0) is 16.0 Å². The molecule has 0 saturated carbocycles. The van der Waals surface area contributed by atoms with E-state index in [-0.39, 0.29) is 11.8 Å². The van der Waals surface area contributed by atoms with Crippen LogP contribution in [0.25, 0.3) is 0 Å². The van der Waals surface area contributed by atoms with Crippen molar-refractivity contribution >= 4 is 57.8 Å². The Balaban J connectivity index is 1.52. The number of aryl methyl sites for hydroxylation is 1. The van der Waals surface area contributed by atoms with Crippen LogP contribution in [0.4, 0.5) is 5.69 Å². The zero-order valence-electron chi connectivity index (χ0n) is 20.7. The summed E-state index contributed by atoms with van der Waals surface area (Å²) in [5.41, 5.74) is 4.48. The van der Waals surface area contributed by atoms with Gasteiger partial charge in [-0.25, -0.2) is 9.98 Å². The number of amides is 2. The molecule has 1 aliphatic rings. The fraction of sp³-hybridized carbons (Fsp3) is 0.172. The number of rotatable bonds is 6. The normalized spacial score (nSPS) is 15.9. The van der Waals surface area contributed by atoms with Crippen LogP contribution >= 0.6 is 34.5 Å². The van der Waals surface area contributed by atoms with Crippen LogP contribution in [0.15, 0.2) is 83.2 Å². The molecule has 0 radical (unpaired) electrons. The van der Waals surface area contributed by atoms with Crippen LogP contribution in [0.2, 0.25) is 10.0 Å². The SMILES string of the molecule is Cc1nc(C(Cc2ccc(Cl)c(Cl)c2)C(=O)N[C@H]2N=C(c3ccccc3)c3ccccc3N(C)C2=O)cs1. The Morgan fingerprint density at radius 3 is 2.50 bits per heavy atom. The van der Waals surface area contributed by atoms with Gasteiger partial charge in [0, 0.05) is 23.6 Å². The number of thiazole rings is 1. The van der Waals surface area contributed by atoms with Gasteiger partial charge in [0.2, 0.25) is 12.1 Å². The van der Waals surface area contributed by atoms with Crippen molar-refractivity contribution in [3.63, 3.8) is 0 Å². The largest absolute Gasteiger partial charge is 0.326 e. The molecule has 2 atom stereocenters. The number of likely N-dealkylation sites (N-methyl/N-ethyl adjacent to an activating group) is 1. The first-order chi connectivity index (χ1) is 18.3. The number of aliphatic imine (C=N–C) groups is 1. The van der Waals surface area contributed by atoms with Crippen LogP contribution in [0.5, 0.6) is 0 Å². The Morgan fingerprint density at radius 2 is 1.79 bits per heavy atom. The van der Waals surface area contributed by atoms with Gasteiger partial charge in [-0.05, 0) is 37.1 Å². The van der Waals surface area contributed by atoms with E-state index in [1.165, 1.54) is 11.3 Å². The minimum absolute atomic E-state index is 0.331. The second-order valence-electron chi connectivity index (χ2n) is 8.97. The van der Waals surface area contributed by atoms with Gasteiger partial charge in [0.1, 0.15) is 0 Å². The van der Waals surface area contributed by atoms with E-state index < -0.39 is 12.1 Å². The monoisotopic (exact) mass is 562 g/mol. The first-order valence-electron chi connectivity index (χ1n) is 12.0. The number of hydrogen-bond acceptors (Lipinski definition) is 5. The summed E-state index contributed by atoms with van der Waals surface area (Å²) in [6.07, 6.45) is -0.788. The van der Waals surface area contributed by atoms with E-state index in [9.17, 15) is 9.59 Å². The number of aromatic nitrogens is 1. The zero-order chi connectivity index (χ0) is 26.8. The number of nitrogens with one attached hydrogen (secondary N) is 1. The molecule has 1 unspecified atom stereocenters. The number of nitrogens with zero attached hydrogens (tertiary/aromatic N) is 3. The molecule has 38 heavy (non-hydrogen) atoms. The molecule has 1 N–H and O–H groups in total. The van der Waals surface area contributed by atoms with Gasteiger partial charge in [-0.15, -0.1) is 11.3 Å². The van der Waals surface area contributed by atoms with Gasteiger partial charge in [-0.2, -0.15) is 0 Å². The molecule has 1 aromatic heterocycles. The molecule has 4 aromatic rings. The van der Waals surface area contributed by atoms with Gasteiger partial charge < -0.3 is 10.2 Å². The molecule has 0 bridgehead atoms. The van der Waals surface area contributed by atoms with Crippen molar-refractivity contribution in [2.24, 2.45) is 4.99 Å². The maximum Gasteiger partial charge on any atom is 0.272 e. The summed E-state index contributed by atoms with van der Waals surface area (Å²) in [6.45, 7) is 1.89. The highest BCUT2D eigenvalue weighted by molar-refractivity contribution is 7.09. The number of benzene rings is 3. The minimum atomic E-state index is -1.12. The third kappa shape index (κ3) is 5.36. The third-order valence-corrected chi connectivity index (χ3v) is 7.93. The molecule has 0 aliphatic carbocycles. The number of anilines is 1. The van der Waals surface area contributed by atoms with Gasteiger partial charge in [0.25, 0.3) is 5.91 Å². The fourth-order valence-electron chi connectivity index (χ4n) is 4.45. The number of hydrogen-bond donors (Lipinski definition) is 1. The molecule has 6 nitrogen and oxygen atoms in total. The Hall–Kier alpha value is -3.52. The second-order valence-corrected chi connectivity index (χ2v) is 10.8. The highest BCUT2D eigenvalue weighted by atomic mass is 35.5. The molecule has 1 aliphatic heterocycles. The lowest BCUT2D eigenvalue weighted by atomic mass is 9.95. The average molecular weight is 564 g/mol. The van der Waals surface area contributed by atoms with Gasteiger partial charge >= 0.3 is 0 Å². The van der Waals surface area contributed by atoms with Crippen molar-refractivity contribution in [3.8, 4) is 0 Å². The van der Waals surface area contributed by atoms with E-state index in [1.54, 1.807) is 24.1 Å². The van der Waals surface area contributed by atoms with Gasteiger partial charge in [-0.1, -0.05) is 77.8 Å². The van der Waals surface area contributed by atoms with E-state index in [0.29, 0.717) is 27.9 Å². The zero-order valence-corrected chi connectivity index (χ0v) is 23.0. The van der Waals surface area contributed by atoms with E-state index >= 15 is 0 Å². The van der Waals surface area contributed by atoms with Gasteiger partial charge in [0.15, 0.2) is 0 Å². The van der Waals surface area contributed by atoms with E-state index in [2.05, 4.69) is 10.3 Å². The summed E-state index contributed by atoms with van der Waals surface area (Å²) in [6, 6.07) is 22.5. The Bertz CT molecular complexity index is 1540. The van der Waals surface area contributed by atoms with Crippen LogP contribution < -0.4 is 10.2 Å². The molecule has 0 saturated heterocycles. The molecule has 3 aromatic carbocycles. The number of carbonyl (C=O) groups is 2. The van der Waals surface area contributed by atoms with Crippen LogP contribution in [0.3, 0.4) is 0 Å². The molecule has 0 spiro atoms. The summed E-state index contributed by atoms with van der Waals surface area (Å²) < 4.78 is 0. The third-order valence-electron chi connectivity index (χ3n) is 6.40. The Kier molecular flexibility index (Phi) is 7.61. The minimum Gasteiger partial charge on any atom is -0.326 e. The second kappa shape index (κ2) is 11.1. The molecule has 5 rings (SSSR count). The molecule has 9 heteroatoms. The molecule has 2 amide bonds. The maximum absolute atomic E-state index is 13.8. The Labute approximate surface area is 235 Å². The van der Waals surface area contributed by atoms with Crippen LogP contribution in [0, 0.1) is 6.92 Å². The van der Waals surface area contributed by atoms with Crippen molar-refractivity contribution in [1.29, 1.82) is 0 Å². The number of para-hydroxylation sites is 1. The Morgan fingerprint density at radius 1 is 1.05 bits per heavy atom. The summed E-state index contributed by atoms with van der Waals surface area (Å²) in [7, 11) is 1.70. The molecule has 192 valence electrons. The first-order valence-corrected chi connectivity index (χ1v) is 13.6. The van der Waals surface area contributed by atoms with Gasteiger partial charge in [0.05, 0.1) is 38.1 Å². The molecule has 0 fully saturated rings. The van der Waals surface area contributed by atoms with Crippen molar-refractivity contribution in [2.45, 2.75) is 25.4 Å². The molecular weight excluding hydrogens is 539 g/mol. The van der Waals surface area contributed by atoms with Crippen molar-refractivity contribution in [2.75, 3.05) is 11.9 Å². The summed E-state index contributed by atoms with van der Waals surface area (Å²) >= 11 is 13.8. The average Bonchev–Trinajstić information content (AvgIpc) is 3.33. The first kappa shape index (κ1) is 26.1. The summed E-state index contributed by atoms with van der Waals surface area (Å²) in [5, 5.41) is 6.48. The van der Waals surface area contributed by atoms with Crippen molar-refractivity contribution in [1.82, 2.24) is 10.3 Å². The summed E-state index contributed by atoms with van der Waals surface area (Å²) in [4.78, 5) is 38.3.